The number of hydrogen-bond donors (Lipinski definition) is 2. The molecule has 0 saturated carbocycles. The van der Waals surface area contributed by atoms with Gasteiger partial charge in [0.2, 0.25) is 0 Å². The number of nitrogens with zero attached hydrogens (tertiary/aromatic N) is 1. The molecule has 3 heteroatoms. The van der Waals surface area contributed by atoms with Gasteiger partial charge in [-0.15, -0.1) is 0 Å². The predicted octanol–water partition coefficient (Wildman–Crippen LogP) is 1.86. The maximum Gasteiger partial charge on any atom is 0.0743 e. The summed E-state index contributed by atoms with van der Waals surface area (Å²) in [7, 11) is 0. The van der Waals surface area contributed by atoms with Crippen LogP contribution in [0.25, 0.3) is 0 Å². The summed E-state index contributed by atoms with van der Waals surface area (Å²) in [6.07, 6.45) is 3.41. The van der Waals surface area contributed by atoms with Crippen LogP contribution >= 0.6 is 0 Å². The van der Waals surface area contributed by atoms with Crippen molar-refractivity contribution < 1.29 is 5.11 Å². The van der Waals surface area contributed by atoms with Crippen LogP contribution in [0.5, 0.6) is 0 Å². The van der Waals surface area contributed by atoms with Gasteiger partial charge in [-0.2, -0.15) is 0 Å². The minimum absolute atomic E-state index is 0.524. The SMILES string of the molecule is CCNC(C)C1CCCN(CC(C)(O)CC)C1. The van der Waals surface area contributed by atoms with Crippen LogP contribution < -0.4 is 5.32 Å². The van der Waals surface area contributed by atoms with E-state index in [1.165, 1.54) is 12.8 Å². The summed E-state index contributed by atoms with van der Waals surface area (Å²) in [6, 6.07) is 0.592. The molecule has 1 rings (SSSR count). The zero-order valence-electron chi connectivity index (χ0n) is 12.0. The first-order chi connectivity index (χ1) is 7.98. The van der Waals surface area contributed by atoms with Gasteiger partial charge in [0, 0.05) is 19.1 Å². The average molecular weight is 242 g/mol. The summed E-state index contributed by atoms with van der Waals surface area (Å²) in [5.74, 6) is 0.733. The molecule has 1 saturated heterocycles. The van der Waals surface area contributed by atoms with E-state index < -0.39 is 5.60 Å². The third-order valence-corrected chi connectivity index (χ3v) is 4.10. The lowest BCUT2D eigenvalue weighted by Crippen LogP contribution is -2.49. The zero-order valence-corrected chi connectivity index (χ0v) is 12.0. The summed E-state index contributed by atoms with van der Waals surface area (Å²) >= 11 is 0. The van der Waals surface area contributed by atoms with Crippen molar-refractivity contribution >= 4 is 0 Å². The molecule has 0 aromatic heterocycles. The Morgan fingerprint density at radius 3 is 2.76 bits per heavy atom. The van der Waals surface area contributed by atoms with Crippen molar-refractivity contribution in [1.82, 2.24) is 10.2 Å². The molecular weight excluding hydrogens is 212 g/mol. The van der Waals surface area contributed by atoms with Gasteiger partial charge in [-0.05, 0) is 52.1 Å². The number of aliphatic hydroxyl groups is 1. The van der Waals surface area contributed by atoms with Crippen molar-refractivity contribution in [2.75, 3.05) is 26.2 Å². The first-order valence-corrected chi connectivity index (χ1v) is 7.16. The Morgan fingerprint density at radius 1 is 1.47 bits per heavy atom. The molecule has 0 bridgehead atoms. The molecule has 17 heavy (non-hydrogen) atoms. The Labute approximate surface area is 107 Å². The Kier molecular flexibility index (Phi) is 5.90. The maximum absolute atomic E-state index is 10.1. The van der Waals surface area contributed by atoms with E-state index in [1.807, 2.05) is 6.92 Å². The van der Waals surface area contributed by atoms with E-state index >= 15 is 0 Å². The molecular formula is C14H30N2O. The van der Waals surface area contributed by atoms with Crippen molar-refractivity contribution in [3.05, 3.63) is 0 Å². The summed E-state index contributed by atoms with van der Waals surface area (Å²) in [6.45, 7) is 12.6. The Bertz CT molecular complexity index is 218. The highest BCUT2D eigenvalue weighted by Crippen LogP contribution is 2.22. The van der Waals surface area contributed by atoms with Gasteiger partial charge in [-0.3, -0.25) is 0 Å². The highest BCUT2D eigenvalue weighted by Gasteiger charge is 2.28. The van der Waals surface area contributed by atoms with Gasteiger partial charge in [-0.25, -0.2) is 0 Å². The molecule has 1 aliphatic rings. The van der Waals surface area contributed by atoms with E-state index in [0.29, 0.717) is 6.04 Å². The first kappa shape index (κ1) is 14.9. The van der Waals surface area contributed by atoms with Gasteiger partial charge in [0.25, 0.3) is 0 Å². The van der Waals surface area contributed by atoms with Crippen LogP contribution in [0.1, 0.15) is 47.0 Å². The summed E-state index contributed by atoms with van der Waals surface area (Å²) < 4.78 is 0. The van der Waals surface area contributed by atoms with E-state index in [-0.39, 0.29) is 0 Å². The molecule has 0 spiro atoms. The number of nitrogens with one attached hydrogen (secondary N) is 1. The lowest BCUT2D eigenvalue weighted by Gasteiger charge is -2.39. The standard InChI is InChI=1S/C14H30N2O/c1-5-14(4,17)11-16-9-7-8-13(10-16)12(3)15-6-2/h12-13,15,17H,5-11H2,1-4H3. The normalized spacial score (nSPS) is 27.7. The number of likely N-dealkylation sites (tertiary alicyclic amines) is 1. The molecule has 2 N–H and O–H groups in total. The van der Waals surface area contributed by atoms with Gasteiger partial charge in [0.1, 0.15) is 0 Å². The smallest absolute Gasteiger partial charge is 0.0743 e. The van der Waals surface area contributed by atoms with Gasteiger partial charge >= 0.3 is 0 Å². The van der Waals surface area contributed by atoms with Gasteiger partial charge in [0.05, 0.1) is 5.60 Å². The lowest BCUT2D eigenvalue weighted by molar-refractivity contribution is 0.00168. The zero-order chi connectivity index (χ0) is 12.9. The Morgan fingerprint density at radius 2 is 2.18 bits per heavy atom. The van der Waals surface area contributed by atoms with Gasteiger partial charge in [0.15, 0.2) is 0 Å². The number of β-amino-alcohol motifs (C(OH)–C–C–N with tert-alkyl or cyclic N) is 1. The molecule has 3 unspecified atom stereocenters. The van der Waals surface area contributed by atoms with Crippen molar-refractivity contribution in [2.45, 2.75) is 58.6 Å². The van der Waals surface area contributed by atoms with Gasteiger partial charge < -0.3 is 15.3 Å². The highest BCUT2D eigenvalue weighted by atomic mass is 16.3. The molecule has 0 aliphatic carbocycles. The maximum atomic E-state index is 10.1. The fraction of sp³-hybridized carbons (Fsp3) is 1.00. The largest absolute Gasteiger partial charge is 0.389 e. The monoisotopic (exact) mass is 242 g/mol. The van der Waals surface area contributed by atoms with Crippen LogP contribution in [0.3, 0.4) is 0 Å². The minimum Gasteiger partial charge on any atom is -0.389 e. The lowest BCUT2D eigenvalue weighted by atomic mass is 9.90. The van der Waals surface area contributed by atoms with E-state index in [4.69, 9.17) is 0 Å². The summed E-state index contributed by atoms with van der Waals surface area (Å²) in [5.41, 5.74) is -0.524. The molecule has 1 heterocycles. The van der Waals surface area contributed by atoms with Crippen LogP contribution in [0.4, 0.5) is 0 Å². The molecule has 102 valence electrons. The fourth-order valence-electron chi connectivity index (χ4n) is 2.73. The van der Waals surface area contributed by atoms with Crippen LogP contribution in [-0.4, -0.2) is 47.8 Å². The van der Waals surface area contributed by atoms with Crippen molar-refractivity contribution in [2.24, 2.45) is 5.92 Å². The van der Waals surface area contributed by atoms with E-state index in [1.54, 1.807) is 0 Å². The highest BCUT2D eigenvalue weighted by molar-refractivity contribution is 4.84. The van der Waals surface area contributed by atoms with Gasteiger partial charge in [-0.1, -0.05) is 13.8 Å². The van der Waals surface area contributed by atoms with E-state index in [0.717, 1.165) is 38.5 Å². The molecule has 1 fully saturated rings. The quantitative estimate of drug-likeness (QED) is 0.746. The second kappa shape index (κ2) is 6.72. The summed E-state index contributed by atoms with van der Waals surface area (Å²) in [5, 5.41) is 13.7. The average Bonchev–Trinajstić information content (AvgIpc) is 2.29. The number of hydrogen-bond acceptors (Lipinski definition) is 3. The number of rotatable bonds is 6. The molecule has 0 amide bonds. The fourth-order valence-corrected chi connectivity index (χ4v) is 2.73. The molecule has 0 aromatic carbocycles. The molecule has 3 atom stereocenters. The molecule has 1 aliphatic heterocycles. The predicted molar refractivity (Wildman–Crippen MR) is 73.2 cm³/mol. The van der Waals surface area contributed by atoms with Crippen molar-refractivity contribution in [1.29, 1.82) is 0 Å². The van der Waals surface area contributed by atoms with E-state index in [9.17, 15) is 5.11 Å². The Balaban J connectivity index is 2.43. The molecule has 0 radical (unpaired) electrons. The third-order valence-electron chi connectivity index (χ3n) is 4.10. The van der Waals surface area contributed by atoms with Crippen LogP contribution in [0.2, 0.25) is 0 Å². The van der Waals surface area contributed by atoms with Crippen molar-refractivity contribution in [3.63, 3.8) is 0 Å². The third kappa shape index (κ3) is 4.94. The summed E-state index contributed by atoms with van der Waals surface area (Å²) in [4.78, 5) is 2.44. The Hall–Kier alpha value is -0.120. The number of piperidine rings is 1. The molecule has 0 aromatic rings. The first-order valence-electron chi connectivity index (χ1n) is 7.16. The minimum atomic E-state index is -0.524. The van der Waals surface area contributed by atoms with E-state index in [2.05, 4.69) is 31.0 Å². The molecule has 3 nitrogen and oxygen atoms in total. The van der Waals surface area contributed by atoms with Crippen molar-refractivity contribution in [3.8, 4) is 0 Å². The second-order valence-electron chi connectivity index (χ2n) is 5.83. The second-order valence-corrected chi connectivity index (χ2v) is 5.83. The van der Waals surface area contributed by atoms with Crippen LogP contribution in [0, 0.1) is 5.92 Å². The van der Waals surface area contributed by atoms with Crippen LogP contribution in [-0.2, 0) is 0 Å². The topological polar surface area (TPSA) is 35.5 Å². The van der Waals surface area contributed by atoms with Crippen LogP contribution in [0.15, 0.2) is 0 Å².